The van der Waals surface area contributed by atoms with Crippen LogP contribution < -0.4 is 80.0 Å². The van der Waals surface area contributed by atoms with E-state index in [1.165, 1.54) is 60.6 Å². The molecule has 144 heavy (non-hydrogen) atoms. The minimum Gasteiger partial charge on any atom is -0.391 e. The van der Waals surface area contributed by atoms with Crippen molar-refractivity contribution in [3.63, 3.8) is 0 Å². The highest BCUT2D eigenvalue weighted by Gasteiger charge is 2.64. The topological polar surface area (TPSA) is 954 Å². The van der Waals surface area contributed by atoms with E-state index in [4.69, 9.17) is 118 Å². The zero-order chi connectivity index (χ0) is 109. The summed E-state index contributed by atoms with van der Waals surface area (Å²) in [6.45, 7) is 12.5. The number of halogens is 2. The Hall–Kier alpha value is -13.8. The second-order valence-corrected chi connectivity index (χ2v) is 33.3. The SMILES string of the molecule is C#CC1(O)[C@@H](O)[C@@H]([C@@H](C)O)O[C@H]1n1c(C)cc(N)nc1=O.C#CC1(O)[C@@H](O)[C@@H]([C@@H](C)O)O[C@H]1n1cc(F)c(N)nc1=O.C#CC1(O)[C@@H](O)[C@@H]([C@@H](C)O)O[C@H]1n1cnc(N)nc1=O.C#CC1(O)[C@@H](O)[C@@H]([C@@H](C)O)O[C@H]1n1ncc(N)nc1=O.C#CC1(O)[C@@H](O)[C@@H]([C@H](C)O)O[C@H]1n1c(C)cc(N)nc1=O.C#CC1(O)[C@@H](O)[C@@H]([C@H](C)O)O[C@H]1n1cc(F)c(N)nc1=O.C#CC1(O)[C@@H](O)[C@@H]([C@H](C)O)O[C@H]1n1ncc(N)nc1=O. The van der Waals surface area contributed by atoms with E-state index in [0.717, 1.165) is 32.4 Å². The van der Waals surface area contributed by atoms with Gasteiger partial charge in [-0.1, -0.05) is 41.4 Å². The highest BCUT2D eigenvalue weighted by atomic mass is 19.1. The van der Waals surface area contributed by atoms with E-state index < -0.39 is 274 Å². The third-order valence-electron chi connectivity index (χ3n) is 23.0. The first kappa shape index (κ1) is 115. The van der Waals surface area contributed by atoms with Crippen LogP contribution in [0.15, 0.2) is 76.8 Å². The lowest BCUT2D eigenvalue weighted by Gasteiger charge is -2.27. The Labute approximate surface area is 808 Å². The molecule has 7 aliphatic rings. The van der Waals surface area contributed by atoms with Gasteiger partial charge in [-0.25, -0.2) is 47.3 Å². The number of anilines is 7. The molecule has 61 heteroatoms. The summed E-state index contributed by atoms with van der Waals surface area (Å²) in [4.78, 5) is 110. The average molecular weight is 2040 g/mol. The summed E-state index contributed by atoms with van der Waals surface area (Å²) in [7, 11) is 0. The summed E-state index contributed by atoms with van der Waals surface area (Å²) < 4.78 is 69.4. The molecule has 0 spiro atoms. The van der Waals surface area contributed by atoms with Gasteiger partial charge < -0.3 is 181 Å². The number of hydrogen-bond acceptors (Lipinski definition) is 52. The number of nitrogens with two attached hydrogens (primary N) is 7. The lowest BCUT2D eigenvalue weighted by molar-refractivity contribution is -0.0945. The second kappa shape index (κ2) is 44.6. The number of nitrogens with zero attached hydrogens (tertiary/aromatic N) is 17. The van der Waals surface area contributed by atoms with Gasteiger partial charge in [0.15, 0.2) is 94.9 Å². The number of aliphatic hydroxyl groups excluding tert-OH is 14. The summed E-state index contributed by atoms with van der Waals surface area (Å²) in [6.07, 6.45) is 3.24. The molecule has 7 aromatic heterocycles. The highest BCUT2D eigenvalue weighted by molar-refractivity contribution is 5.35. The third kappa shape index (κ3) is 22.1. The number of rotatable bonds is 14. The molecule has 7 aliphatic heterocycles. The van der Waals surface area contributed by atoms with E-state index in [-0.39, 0.29) is 29.2 Å². The molecule has 0 aliphatic carbocycles. The van der Waals surface area contributed by atoms with Crippen molar-refractivity contribution >= 4 is 40.9 Å². The van der Waals surface area contributed by atoms with Crippen molar-refractivity contribution < 1.29 is 149 Å². The van der Waals surface area contributed by atoms with E-state index in [2.05, 4.69) is 50.1 Å². The van der Waals surface area contributed by atoms with Gasteiger partial charge in [-0.05, 0) is 74.4 Å². The van der Waals surface area contributed by atoms with E-state index in [9.17, 15) is 150 Å². The number of aryl methyl sites for hydroxylation is 2. The molecule has 35 N–H and O–H groups in total. The molecule has 7 unspecified atom stereocenters. The molecular weight excluding hydrogens is 1930 g/mol. The predicted octanol–water partition coefficient (Wildman–Crippen LogP) is -16.1. The number of ether oxygens (including phenoxy) is 7. The van der Waals surface area contributed by atoms with Gasteiger partial charge in [-0.2, -0.15) is 54.4 Å². The van der Waals surface area contributed by atoms with Crippen LogP contribution in [0.5, 0.6) is 0 Å². The summed E-state index contributed by atoms with van der Waals surface area (Å²) in [6, 6.07) is 2.81. The summed E-state index contributed by atoms with van der Waals surface area (Å²) in [5, 5.41) is 217. The van der Waals surface area contributed by atoms with Gasteiger partial charge in [0, 0.05) is 11.4 Å². The molecule has 780 valence electrons. The van der Waals surface area contributed by atoms with Crippen molar-refractivity contribution in [1.29, 1.82) is 0 Å². The zero-order valence-corrected chi connectivity index (χ0v) is 76.8. The number of aromatic nitrogens is 17. The Morgan fingerprint density at radius 3 is 0.771 bits per heavy atom. The number of nitrogen functional groups attached to an aromatic ring is 7. The Bertz CT molecular complexity index is 6140. The lowest BCUT2D eigenvalue weighted by atomic mass is 9.93. The van der Waals surface area contributed by atoms with E-state index in [1.54, 1.807) is 13.8 Å². The van der Waals surface area contributed by atoms with Gasteiger partial charge in [-0.3, -0.25) is 22.8 Å². The first-order valence-electron chi connectivity index (χ1n) is 41.8. The molecular formula is C83H104F2N24O35. The number of hydrogen-bond donors (Lipinski definition) is 28. The van der Waals surface area contributed by atoms with Crippen LogP contribution in [0.3, 0.4) is 0 Å². The summed E-state index contributed by atoms with van der Waals surface area (Å²) >= 11 is 0. The normalized spacial score (nSPS) is 34.0. The number of aliphatic hydroxyl groups is 21. The van der Waals surface area contributed by atoms with Crippen LogP contribution in [-0.4, -0.2) is 357 Å². The molecule has 7 aromatic rings. The molecule has 59 nitrogen and oxygen atoms in total. The zero-order valence-electron chi connectivity index (χ0n) is 76.8. The van der Waals surface area contributed by atoms with Crippen molar-refractivity contribution in [1.82, 2.24) is 82.3 Å². The van der Waals surface area contributed by atoms with Crippen molar-refractivity contribution in [3.8, 4) is 86.4 Å². The van der Waals surface area contributed by atoms with E-state index in [0.29, 0.717) is 42.3 Å². The average Bonchev–Trinajstić information content (AvgIpc) is 1.61. The van der Waals surface area contributed by atoms with Crippen LogP contribution in [0.4, 0.5) is 49.6 Å². The lowest BCUT2D eigenvalue weighted by Crippen LogP contribution is -2.49. The fourth-order valence-electron chi connectivity index (χ4n) is 15.3. The maximum atomic E-state index is 13.5. The van der Waals surface area contributed by atoms with Crippen LogP contribution in [0.25, 0.3) is 0 Å². The van der Waals surface area contributed by atoms with Gasteiger partial charge in [0.25, 0.3) is 0 Å². The molecule has 0 radical (unpaired) electrons. The maximum absolute atomic E-state index is 13.5. The van der Waals surface area contributed by atoms with Crippen LogP contribution >= 0.6 is 0 Å². The second-order valence-electron chi connectivity index (χ2n) is 33.3. The van der Waals surface area contributed by atoms with Crippen LogP contribution in [0, 0.1) is 112 Å². The van der Waals surface area contributed by atoms with Crippen molar-refractivity contribution in [3.05, 3.63) is 140 Å². The molecule has 0 amide bonds. The van der Waals surface area contributed by atoms with E-state index in [1.807, 2.05) is 41.4 Å². The van der Waals surface area contributed by atoms with Gasteiger partial charge >= 0.3 is 39.8 Å². The summed E-state index contributed by atoms with van der Waals surface area (Å²) in [5.74, 6) is 10.1. The Kier molecular flexibility index (Phi) is 35.8. The fraction of sp³-hybridized carbons (Fsp3) is 0.530. The van der Waals surface area contributed by atoms with Gasteiger partial charge in [0.05, 0.1) is 67.5 Å². The van der Waals surface area contributed by atoms with Crippen molar-refractivity contribution in [2.45, 2.75) is 273 Å². The quantitative estimate of drug-likeness (QED) is 0.0450. The molecule has 0 bridgehead atoms. The molecule has 14 heterocycles. The third-order valence-corrected chi connectivity index (χ3v) is 23.0. The molecule has 7 saturated heterocycles. The first-order chi connectivity index (χ1) is 66.8. The predicted molar refractivity (Wildman–Crippen MR) is 481 cm³/mol. The Morgan fingerprint density at radius 2 is 0.542 bits per heavy atom. The molecule has 0 saturated carbocycles. The smallest absolute Gasteiger partial charge is 0.368 e. The maximum Gasteiger partial charge on any atom is 0.368 e. The highest BCUT2D eigenvalue weighted by Crippen LogP contribution is 2.46. The molecule has 0 aromatic carbocycles. The Balaban J connectivity index is 0.000000205. The largest absolute Gasteiger partial charge is 0.391 e. The fourth-order valence-corrected chi connectivity index (χ4v) is 15.3. The molecule has 35 atom stereocenters. The molecule has 14 rings (SSSR count). The minimum absolute atomic E-state index is 0.0172. The van der Waals surface area contributed by atoms with Crippen LogP contribution in [0.1, 0.15) is 103 Å². The standard InChI is InChI=1S/2C13H17N3O5.2C12H14FN3O5.3C11H14N4O5/c2*1-4-13(20)10(18)9(7(3)17)21-11(13)16-6(2)5-8(14)15-12(16)19;2*1-3-12(20)8(18)7(5(2)17)21-10(12)16-4-6(13)9(14)15-11(16)19;1-3-11(19)7(17)6(5(2)16)20-8(11)15-4-13-9(12)14-10(15)18;2*1-3-11(19)8(17)7(5(2)16)20-9(11)15-10(18)14-6(12)4-13-15/h2*1,5,7,9-11,17-18,20H,2-3H3,(H2,14,15,19);2*1,4-5,7-8,10,17-18,20H,2H3,(H2,14,15,19);1,4-8,16-17,19H,2H3,(H2,12,14,18);2*1,4-5,7-9,16-17,19H,2H3,(H2,12,14,18)/t7-,9+,10-,11+,13?;7-,9-,10+,11-,13?;5-,7+,8-,10+,12?;5-,7-,8+,10-,12?;5-,6-,7+,8-,11?;5-,7+,8-,9+,11?;5-,7-,8+,9-,11?/m0101101/s1. The molecule has 7 fully saturated rings. The van der Waals surface area contributed by atoms with Gasteiger partial charge in [-0.15, -0.1) is 45.0 Å². The number of terminal acetylenes is 7. The van der Waals surface area contributed by atoms with Crippen molar-refractivity contribution in [2.75, 3.05) is 40.1 Å². The van der Waals surface area contributed by atoms with E-state index >= 15 is 0 Å². The van der Waals surface area contributed by atoms with Crippen LogP contribution in [0.2, 0.25) is 0 Å². The van der Waals surface area contributed by atoms with Gasteiger partial charge in [0.1, 0.15) is 115 Å². The minimum atomic E-state index is -2.34. The first-order valence-corrected chi connectivity index (χ1v) is 41.8. The monoisotopic (exact) mass is 2030 g/mol. The van der Waals surface area contributed by atoms with Gasteiger partial charge in [0.2, 0.25) is 17.2 Å². The Morgan fingerprint density at radius 1 is 0.326 bits per heavy atom. The summed E-state index contributed by atoms with van der Waals surface area (Å²) in [5.41, 5.74) is 15.9. The van der Waals surface area contributed by atoms with Crippen LogP contribution in [-0.2, 0) is 33.2 Å². The van der Waals surface area contributed by atoms with Crippen molar-refractivity contribution in [2.24, 2.45) is 0 Å².